The highest BCUT2D eigenvalue weighted by atomic mass is 16.5. The van der Waals surface area contributed by atoms with E-state index in [4.69, 9.17) is 9.72 Å². The van der Waals surface area contributed by atoms with Crippen LogP contribution in [0.15, 0.2) is 23.0 Å². The van der Waals surface area contributed by atoms with Crippen molar-refractivity contribution < 1.29 is 14.3 Å². The SMILES string of the molecule is CC[C@@H]1CCCCN1C(=O)COC(=O)c1ccc2c(=O)n3c(nc2c1)CCCCCC3. The second-order valence-electron chi connectivity index (χ2n) is 8.60. The lowest BCUT2D eigenvalue weighted by molar-refractivity contribution is -0.138. The number of rotatable bonds is 4. The number of hydrogen-bond donors (Lipinski definition) is 0. The summed E-state index contributed by atoms with van der Waals surface area (Å²) in [6, 6.07) is 5.08. The first-order valence-corrected chi connectivity index (χ1v) is 11.6. The molecule has 3 heterocycles. The van der Waals surface area contributed by atoms with E-state index in [0.717, 1.165) is 70.2 Å². The zero-order valence-electron chi connectivity index (χ0n) is 18.3. The summed E-state index contributed by atoms with van der Waals surface area (Å²) in [6.07, 6.45) is 9.08. The zero-order valence-corrected chi connectivity index (χ0v) is 18.3. The second kappa shape index (κ2) is 9.62. The number of aryl methyl sites for hydroxylation is 1. The van der Waals surface area contributed by atoms with Crippen LogP contribution in [0.25, 0.3) is 10.9 Å². The zero-order chi connectivity index (χ0) is 21.8. The molecule has 1 fully saturated rings. The van der Waals surface area contributed by atoms with E-state index >= 15 is 0 Å². The molecule has 1 amide bonds. The van der Waals surface area contributed by atoms with Gasteiger partial charge in [0.2, 0.25) is 0 Å². The molecule has 2 aliphatic heterocycles. The molecule has 1 aromatic heterocycles. The van der Waals surface area contributed by atoms with Gasteiger partial charge in [-0.1, -0.05) is 19.8 Å². The molecule has 1 saturated heterocycles. The molecule has 0 radical (unpaired) electrons. The summed E-state index contributed by atoms with van der Waals surface area (Å²) in [5.74, 6) is 0.0843. The molecular formula is C24H31N3O4. The Balaban J connectivity index is 1.50. The maximum Gasteiger partial charge on any atom is 0.338 e. The van der Waals surface area contributed by atoms with Gasteiger partial charge in [-0.05, 0) is 56.7 Å². The Labute approximate surface area is 182 Å². The van der Waals surface area contributed by atoms with Crippen LogP contribution in [-0.2, 0) is 22.5 Å². The summed E-state index contributed by atoms with van der Waals surface area (Å²) in [7, 11) is 0. The van der Waals surface area contributed by atoms with Gasteiger partial charge in [-0.15, -0.1) is 0 Å². The molecule has 1 aromatic carbocycles. The molecule has 7 nitrogen and oxygen atoms in total. The fourth-order valence-electron chi connectivity index (χ4n) is 4.77. The highest BCUT2D eigenvalue weighted by molar-refractivity contribution is 5.95. The third-order valence-corrected chi connectivity index (χ3v) is 6.55. The number of amides is 1. The van der Waals surface area contributed by atoms with Gasteiger partial charge in [0, 0.05) is 25.6 Å². The number of nitrogens with zero attached hydrogens (tertiary/aromatic N) is 3. The maximum absolute atomic E-state index is 12.9. The Bertz CT molecular complexity index is 1030. The molecule has 0 saturated carbocycles. The van der Waals surface area contributed by atoms with Crippen molar-refractivity contribution in [3.8, 4) is 0 Å². The van der Waals surface area contributed by atoms with Crippen LogP contribution in [0.1, 0.15) is 74.5 Å². The first-order chi connectivity index (χ1) is 15.1. The number of carbonyl (C=O) groups is 2. The average Bonchev–Trinajstić information content (AvgIpc) is 2.78. The average molecular weight is 426 g/mol. The number of benzene rings is 1. The van der Waals surface area contributed by atoms with Gasteiger partial charge in [0.05, 0.1) is 16.5 Å². The van der Waals surface area contributed by atoms with Crippen molar-refractivity contribution in [2.75, 3.05) is 13.2 Å². The normalized spacial score (nSPS) is 19.4. The number of hydrogen-bond acceptors (Lipinski definition) is 5. The van der Waals surface area contributed by atoms with Gasteiger partial charge in [-0.3, -0.25) is 14.2 Å². The Kier molecular flexibility index (Phi) is 6.68. The monoisotopic (exact) mass is 425 g/mol. The van der Waals surface area contributed by atoms with E-state index in [1.807, 2.05) is 4.90 Å². The summed E-state index contributed by atoms with van der Waals surface area (Å²) in [4.78, 5) is 44.6. The van der Waals surface area contributed by atoms with Crippen molar-refractivity contribution in [1.82, 2.24) is 14.5 Å². The van der Waals surface area contributed by atoms with Gasteiger partial charge in [-0.2, -0.15) is 0 Å². The summed E-state index contributed by atoms with van der Waals surface area (Å²) in [5.41, 5.74) is 0.779. The Morgan fingerprint density at radius 3 is 2.74 bits per heavy atom. The van der Waals surface area contributed by atoms with Crippen molar-refractivity contribution in [2.45, 2.75) is 77.3 Å². The van der Waals surface area contributed by atoms with Crippen molar-refractivity contribution >= 4 is 22.8 Å². The van der Waals surface area contributed by atoms with Gasteiger partial charge in [0.1, 0.15) is 5.82 Å². The first-order valence-electron chi connectivity index (χ1n) is 11.6. The molecular weight excluding hydrogens is 394 g/mol. The minimum atomic E-state index is -0.561. The molecule has 0 aliphatic carbocycles. The van der Waals surface area contributed by atoms with E-state index in [1.165, 1.54) is 0 Å². The van der Waals surface area contributed by atoms with E-state index in [-0.39, 0.29) is 24.1 Å². The van der Waals surface area contributed by atoms with E-state index in [0.29, 0.717) is 23.0 Å². The lowest BCUT2D eigenvalue weighted by atomic mass is 10.00. The number of piperidine rings is 1. The molecule has 1 atom stereocenters. The summed E-state index contributed by atoms with van der Waals surface area (Å²) in [5, 5.41) is 0.510. The van der Waals surface area contributed by atoms with Crippen LogP contribution >= 0.6 is 0 Å². The number of fused-ring (bicyclic) bond motifs is 2. The van der Waals surface area contributed by atoms with E-state index in [1.54, 1.807) is 22.8 Å². The van der Waals surface area contributed by atoms with Crippen molar-refractivity contribution in [2.24, 2.45) is 0 Å². The molecule has 0 spiro atoms. The van der Waals surface area contributed by atoms with Crippen molar-refractivity contribution in [1.29, 1.82) is 0 Å². The molecule has 0 unspecified atom stereocenters. The van der Waals surface area contributed by atoms with Crippen LogP contribution in [0, 0.1) is 0 Å². The van der Waals surface area contributed by atoms with Crippen LogP contribution in [0.4, 0.5) is 0 Å². The van der Waals surface area contributed by atoms with Crippen LogP contribution in [0.3, 0.4) is 0 Å². The topological polar surface area (TPSA) is 81.5 Å². The lowest BCUT2D eigenvalue weighted by Gasteiger charge is -2.35. The number of aromatic nitrogens is 2. The highest BCUT2D eigenvalue weighted by Gasteiger charge is 2.26. The van der Waals surface area contributed by atoms with Crippen LogP contribution in [0.2, 0.25) is 0 Å². The van der Waals surface area contributed by atoms with Crippen molar-refractivity contribution in [3.63, 3.8) is 0 Å². The summed E-state index contributed by atoms with van der Waals surface area (Å²) in [6.45, 7) is 3.24. The predicted molar refractivity (Wildman–Crippen MR) is 118 cm³/mol. The van der Waals surface area contributed by atoms with Gasteiger partial charge in [0.15, 0.2) is 6.61 Å². The van der Waals surface area contributed by atoms with E-state index in [9.17, 15) is 14.4 Å². The van der Waals surface area contributed by atoms with Gasteiger partial charge >= 0.3 is 5.97 Å². The fraction of sp³-hybridized carbons (Fsp3) is 0.583. The van der Waals surface area contributed by atoms with E-state index in [2.05, 4.69) is 6.92 Å². The van der Waals surface area contributed by atoms with Crippen molar-refractivity contribution in [3.05, 3.63) is 39.9 Å². The van der Waals surface area contributed by atoms with Crippen LogP contribution in [0.5, 0.6) is 0 Å². The molecule has 166 valence electrons. The van der Waals surface area contributed by atoms with Gasteiger partial charge < -0.3 is 9.64 Å². The molecule has 31 heavy (non-hydrogen) atoms. The molecule has 7 heteroatoms. The maximum atomic E-state index is 12.9. The second-order valence-corrected chi connectivity index (χ2v) is 8.60. The molecule has 2 aliphatic rings. The standard InChI is InChI=1S/C24H31N3O4/c1-2-18-9-6-8-13-26(18)22(28)16-31-24(30)17-11-12-19-20(15-17)25-21-10-5-3-4-7-14-27(21)23(19)29/h11-12,15,18H,2-10,13-14,16H2,1H3/t18-/m1/s1. The third kappa shape index (κ3) is 4.65. The quantitative estimate of drug-likeness (QED) is 0.701. The highest BCUT2D eigenvalue weighted by Crippen LogP contribution is 2.20. The molecule has 4 rings (SSSR count). The third-order valence-electron chi connectivity index (χ3n) is 6.55. The Morgan fingerprint density at radius 1 is 1.10 bits per heavy atom. The smallest absolute Gasteiger partial charge is 0.338 e. The minimum absolute atomic E-state index is 0.0484. The number of ether oxygens (including phenoxy) is 1. The Hall–Kier alpha value is -2.70. The predicted octanol–water partition coefficient (Wildman–Crippen LogP) is 3.46. The van der Waals surface area contributed by atoms with Gasteiger partial charge in [-0.25, -0.2) is 9.78 Å². The lowest BCUT2D eigenvalue weighted by Crippen LogP contribution is -2.45. The number of likely N-dealkylation sites (tertiary alicyclic amines) is 1. The largest absolute Gasteiger partial charge is 0.452 e. The molecule has 0 N–H and O–H groups in total. The molecule has 2 aromatic rings. The number of esters is 1. The Morgan fingerprint density at radius 2 is 1.90 bits per heavy atom. The first kappa shape index (κ1) is 21.5. The van der Waals surface area contributed by atoms with Crippen LogP contribution in [-0.4, -0.2) is 45.5 Å². The van der Waals surface area contributed by atoms with Crippen LogP contribution < -0.4 is 5.56 Å². The summed E-state index contributed by atoms with van der Waals surface area (Å²) >= 11 is 0. The fourth-order valence-corrected chi connectivity index (χ4v) is 4.77. The summed E-state index contributed by atoms with van der Waals surface area (Å²) < 4.78 is 7.10. The molecule has 0 bridgehead atoms. The van der Waals surface area contributed by atoms with Gasteiger partial charge in [0.25, 0.3) is 11.5 Å². The van der Waals surface area contributed by atoms with E-state index < -0.39 is 5.97 Å². The number of carbonyl (C=O) groups excluding carboxylic acids is 2. The minimum Gasteiger partial charge on any atom is -0.452 e.